The molecule has 1 amide bonds. The Hall–Kier alpha value is -2.13. The third-order valence-corrected chi connectivity index (χ3v) is 2.82. The van der Waals surface area contributed by atoms with E-state index in [-0.39, 0.29) is 5.91 Å². The van der Waals surface area contributed by atoms with Crippen molar-refractivity contribution in [2.75, 3.05) is 0 Å². The number of carbonyl (C=O) groups is 1. The quantitative estimate of drug-likeness (QED) is 0.675. The van der Waals surface area contributed by atoms with Gasteiger partial charge in [-0.15, -0.1) is 0 Å². The molecule has 0 aliphatic rings. The van der Waals surface area contributed by atoms with Crippen LogP contribution in [-0.4, -0.2) is 12.1 Å². The third kappa shape index (κ3) is 3.93. The van der Waals surface area contributed by atoms with Crippen LogP contribution in [0, 0.1) is 6.92 Å². The standard InChI is InChI=1S/C15H13ClN2O/c1-11-2-6-13(7-3-11)15(19)18-17-10-12-4-8-14(16)9-5-12/h2-10H,1H3,(H,18,19)/b17-10-. The number of hydrogen-bond donors (Lipinski definition) is 1. The lowest BCUT2D eigenvalue weighted by molar-refractivity contribution is 0.0955. The Kier molecular flexibility index (Phi) is 4.31. The first kappa shape index (κ1) is 13.3. The number of aryl methyl sites for hydroxylation is 1. The van der Waals surface area contributed by atoms with Crippen LogP contribution in [0.1, 0.15) is 21.5 Å². The van der Waals surface area contributed by atoms with Crippen LogP contribution in [0.15, 0.2) is 53.6 Å². The maximum atomic E-state index is 11.8. The average molecular weight is 273 g/mol. The monoisotopic (exact) mass is 272 g/mol. The number of halogens is 1. The predicted octanol–water partition coefficient (Wildman–Crippen LogP) is 3.41. The molecule has 0 heterocycles. The molecule has 0 fully saturated rings. The van der Waals surface area contributed by atoms with Gasteiger partial charge in [-0.1, -0.05) is 41.4 Å². The zero-order valence-electron chi connectivity index (χ0n) is 10.4. The lowest BCUT2D eigenvalue weighted by Gasteiger charge is -2.00. The summed E-state index contributed by atoms with van der Waals surface area (Å²) in [7, 11) is 0. The number of nitrogens with one attached hydrogen (secondary N) is 1. The second-order valence-electron chi connectivity index (χ2n) is 4.12. The molecule has 3 nitrogen and oxygen atoms in total. The molecule has 4 heteroatoms. The van der Waals surface area contributed by atoms with Crippen LogP contribution in [0.25, 0.3) is 0 Å². The molecule has 0 radical (unpaired) electrons. The largest absolute Gasteiger partial charge is 0.271 e. The summed E-state index contributed by atoms with van der Waals surface area (Å²) >= 11 is 5.77. The molecule has 2 aromatic carbocycles. The number of rotatable bonds is 3. The number of nitrogens with zero attached hydrogens (tertiary/aromatic N) is 1. The van der Waals surface area contributed by atoms with Gasteiger partial charge in [-0.2, -0.15) is 5.10 Å². The zero-order chi connectivity index (χ0) is 13.7. The summed E-state index contributed by atoms with van der Waals surface area (Å²) in [5, 5.41) is 4.57. The van der Waals surface area contributed by atoms with Crippen molar-refractivity contribution >= 4 is 23.7 Å². The topological polar surface area (TPSA) is 41.5 Å². The minimum absolute atomic E-state index is 0.231. The fourth-order valence-corrected chi connectivity index (χ4v) is 1.61. The first-order chi connectivity index (χ1) is 9.15. The van der Waals surface area contributed by atoms with E-state index in [1.54, 1.807) is 30.5 Å². The fourth-order valence-electron chi connectivity index (χ4n) is 1.48. The van der Waals surface area contributed by atoms with Crippen LogP contribution in [0.2, 0.25) is 5.02 Å². The molecule has 1 N–H and O–H groups in total. The number of hydrazone groups is 1. The molecule has 0 aromatic heterocycles. The summed E-state index contributed by atoms with van der Waals surface area (Å²) in [6, 6.07) is 14.5. The Morgan fingerprint density at radius 1 is 1.11 bits per heavy atom. The van der Waals surface area contributed by atoms with Gasteiger partial charge in [-0.25, -0.2) is 5.43 Å². The van der Waals surface area contributed by atoms with Crippen molar-refractivity contribution in [3.8, 4) is 0 Å². The molecule has 96 valence electrons. The van der Waals surface area contributed by atoms with Crippen molar-refractivity contribution in [3.05, 3.63) is 70.2 Å². The van der Waals surface area contributed by atoms with Crippen molar-refractivity contribution in [2.24, 2.45) is 5.10 Å². The smallest absolute Gasteiger partial charge is 0.267 e. The molecular weight excluding hydrogens is 260 g/mol. The van der Waals surface area contributed by atoms with Gasteiger partial charge in [-0.05, 0) is 36.8 Å². The minimum atomic E-state index is -0.231. The molecule has 0 atom stereocenters. The van der Waals surface area contributed by atoms with E-state index in [9.17, 15) is 4.79 Å². The van der Waals surface area contributed by atoms with Gasteiger partial charge >= 0.3 is 0 Å². The van der Waals surface area contributed by atoms with Gasteiger partial charge in [0.05, 0.1) is 6.21 Å². The zero-order valence-corrected chi connectivity index (χ0v) is 11.2. The van der Waals surface area contributed by atoms with E-state index in [0.29, 0.717) is 10.6 Å². The first-order valence-corrected chi connectivity index (χ1v) is 6.18. The van der Waals surface area contributed by atoms with Crippen molar-refractivity contribution < 1.29 is 4.79 Å². The van der Waals surface area contributed by atoms with Crippen molar-refractivity contribution in [1.29, 1.82) is 0 Å². The highest BCUT2D eigenvalue weighted by Gasteiger charge is 2.02. The van der Waals surface area contributed by atoms with Crippen molar-refractivity contribution in [2.45, 2.75) is 6.92 Å². The summed E-state index contributed by atoms with van der Waals surface area (Å²) in [6.45, 7) is 1.97. The van der Waals surface area contributed by atoms with E-state index in [2.05, 4.69) is 10.5 Å². The number of amides is 1. The summed E-state index contributed by atoms with van der Waals surface area (Å²) in [4.78, 5) is 11.8. The Balaban J connectivity index is 1.96. The Morgan fingerprint density at radius 2 is 1.74 bits per heavy atom. The van der Waals surface area contributed by atoms with Crippen LogP contribution in [0.3, 0.4) is 0 Å². The van der Waals surface area contributed by atoms with Crippen LogP contribution in [-0.2, 0) is 0 Å². The van der Waals surface area contributed by atoms with E-state index in [1.807, 2.05) is 31.2 Å². The fraction of sp³-hybridized carbons (Fsp3) is 0.0667. The Morgan fingerprint density at radius 3 is 2.37 bits per heavy atom. The van der Waals surface area contributed by atoms with Gasteiger partial charge < -0.3 is 0 Å². The average Bonchev–Trinajstić information content (AvgIpc) is 2.41. The summed E-state index contributed by atoms with van der Waals surface area (Å²) < 4.78 is 0. The van der Waals surface area contributed by atoms with Gasteiger partial charge in [0.15, 0.2) is 0 Å². The van der Waals surface area contributed by atoms with Gasteiger partial charge in [0.2, 0.25) is 0 Å². The van der Waals surface area contributed by atoms with E-state index in [0.717, 1.165) is 11.1 Å². The normalized spacial score (nSPS) is 10.6. The molecule has 0 aliphatic heterocycles. The SMILES string of the molecule is Cc1ccc(C(=O)N/N=C\c2ccc(Cl)cc2)cc1. The molecule has 0 aliphatic carbocycles. The number of benzene rings is 2. The number of carbonyl (C=O) groups excluding carboxylic acids is 1. The van der Waals surface area contributed by atoms with Crippen molar-refractivity contribution in [1.82, 2.24) is 5.43 Å². The molecule has 19 heavy (non-hydrogen) atoms. The highest BCUT2D eigenvalue weighted by atomic mass is 35.5. The molecule has 2 aromatic rings. The summed E-state index contributed by atoms with van der Waals surface area (Å²) in [5.41, 5.74) is 5.04. The van der Waals surface area contributed by atoms with Crippen LogP contribution >= 0.6 is 11.6 Å². The van der Waals surface area contributed by atoms with Gasteiger partial charge in [0, 0.05) is 10.6 Å². The van der Waals surface area contributed by atoms with E-state index < -0.39 is 0 Å². The lowest BCUT2D eigenvalue weighted by atomic mass is 10.1. The lowest BCUT2D eigenvalue weighted by Crippen LogP contribution is -2.17. The highest BCUT2D eigenvalue weighted by Crippen LogP contribution is 2.07. The highest BCUT2D eigenvalue weighted by molar-refractivity contribution is 6.30. The predicted molar refractivity (Wildman–Crippen MR) is 77.7 cm³/mol. The maximum Gasteiger partial charge on any atom is 0.271 e. The second-order valence-corrected chi connectivity index (χ2v) is 4.55. The van der Waals surface area contributed by atoms with E-state index in [4.69, 9.17) is 11.6 Å². The maximum absolute atomic E-state index is 11.8. The van der Waals surface area contributed by atoms with Gasteiger partial charge in [0.1, 0.15) is 0 Å². The minimum Gasteiger partial charge on any atom is -0.267 e. The van der Waals surface area contributed by atoms with Crippen molar-refractivity contribution in [3.63, 3.8) is 0 Å². The third-order valence-electron chi connectivity index (χ3n) is 2.56. The van der Waals surface area contributed by atoms with Gasteiger partial charge in [-0.3, -0.25) is 4.79 Å². The summed E-state index contributed by atoms with van der Waals surface area (Å²) in [6.07, 6.45) is 1.57. The molecule has 0 unspecified atom stereocenters. The van der Waals surface area contributed by atoms with Crippen LogP contribution in [0.4, 0.5) is 0 Å². The molecule has 0 saturated carbocycles. The Labute approximate surface area is 116 Å². The van der Waals surface area contributed by atoms with E-state index >= 15 is 0 Å². The molecule has 0 spiro atoms. The second kappa shape index (κ2) is 6.16. The molecule has 0 bridgehead atoms. The van der Waals surface area contributed by atoms with Crippen LogP contribution < -0.4 is 5.43 Å². The van der Waals surface area contributed by atoms with Crippen LogP contribution in [0.5, 0.6) is 0 Å². The van der Waals surface area contributed by atoms with E-state index in [1.165, 1.54) is 0 Å². The molecule has 0 saturated heterocycles. The van der Waals surface area contributed by atoms with Gasteiger partial charge in [0.25, 0.3) is 5.91 Å². The molecular formula is C15H13ClN2O. The molecule has 2 rings (SSSR count). The number of hydrogen-bond acceptors (Lipinski definition) is 2. The summed E-state index contributed by atoms with van der Waals surface area (Å²) in [5.74, 6) is -0.231. The first-order valence-electron chi connectivity index (χ1n) is 5.81. The Bertz CT molecular complexity index is 589.